The molecule has 1 aromatic heterocycles. The van der Waals surface area contributed by atoms with Crippen LogP contribution in [0.15, 0.2) is 170 Å². The van der Waals surface area contributed by atoms with Crippen molar-refractivity contribution in [2.45, 2.75) is 0 Å². The predicted molar refractivity (Wildman–Crippen MR) is 195 cm³/mol. The third-order valence-electron chi connectivity index (χ3n) is 8.43. The molecule has 0 atom stereocenters. The molecule has 0 unspecified atom stereocenters. The van der Waals surface area contributed by atoms with Crippen molar-refractivity contribution in [2.75, 3.05) is 0 Å². The average molecular weight is 666 g/mol. The topological polar surface area (TPSA) is 38.7 Å². The van der Waals surface area contributed by atoms with E-state index < -0.39 is 0 Å². The number of aromatic nitrogens is 3. The summed E-state index contributed by atoms with van der Waals surface area (Å²) in [5.74, 6) is 1.92. The Morgan fingerprint density at radius 1 is 0.319 bits per heavy atom. The molecule has 0 bridgehead atoms. The van der Waals surface area contributed by atoms with Gasteiger partial charge in [-0.05, 0) is 5.56 Å². The summed E-state index contributed by atoms with van der Waals surface area (Å²) in [6.07, 6.45) is 0. The van der Waals surface area contributed by atoms with E-state index in [0.29, 0.717) is 17.5 Å². The van der Waals surface area contributed by atoms with Crippen molar-refractivity contribution >= 4 is 31.2 Å². The number of hydrogen-bond acceptors (Lipinski definition) is 3. The van der Waals surface area contributed by atoms with E-state index >= 15 is 0 Å². The van der Waals surface area contributed by atoms with Crippen LogP contribution in [-0.4, -0.2) is 31.0 Å². The monoisotopic (exact) mass is 666 g/mol. The molecule has 8 rings (SSSR count). The van der Waals surface area contributed by atoms with Gasteiger partial charge in [0.1, 0.15) is 0 Å². The fourth-order valence-electron chi connectivity index (χ4n) is 6.06. The SMILES string of the molecule is [Se]c1c(-c2ccccc2)cccc1-c1cccc2ccc(-c3nc(-c4ccccc4)nc(-c4cccc(-c5ccccc5)c4)n3)cc12. The summed E-state index contributed by atoms with van der Waals surface area (Å²) in [6, 6.07) is 58.9. The van der Waals surface area contributed by atoms with Crippen molar-refractivity contribution in [1.82, 2.24) is 15.0 Å². The van der Waals surface area contributed by atoms with E-state index in [4.69, 9.17) is 15.0 Å². The Hall–Kier alpha value is -5.67. The van der Waals surface area contributed by atoms with E-state index in [0.717, 1.165) is 54.2 Å². The van der Waals surface area contributed by atoms with Crippen molar-refractivity contribution in [1.29, 1.82) is 0 Å². The van der Waals surface area contributed by atoms with E-state index in [2.05, 4.69) is 149 Å². The van der Waals surface area contributed by atoms with Gasteiger partial charge in [0.05, 0.1) is 0 Å². The van der Waals surface area contributed by atoms with Crippen LogP contribution in [0.25, 0.3) is 78.3 Å². The van der Waals surface area contributed by atoms with Gasteiger partial charge in [-0.3, -0.25) is 0 Å². The first-order valence-corrected chi connectivity index (χ1v) is 16.4. The van der Waals surface area contributed by atoms with Crippen molar-refractivity contribution < 1.29 is 0 Å². The van der Waals surface area contributed by atoms with Gasteiger partial charge in [-0.25, -0.2) is 0 Å². The molecule has 0 fully saturated rings. The normalized spacial score (nSPS) is 11.1. The predicted octanol–water partition coefficient (Wildman–Crippen LogP) is 9.82. The van der Waals surface area contributed by atoms with E-state index in [1.54, 1.807) is 0 Å². The van der Waals surface area contributed by atoms with Crippen LogP contribution >= 0.6 is 0 Å². The number of nitrogens with zero attached hydrogens (tertiary/aromatic N) is 3. The zero-order valence-electron chi connectivity index (χ0n) is 25.4. The fraction of sp³-hybridized carbons (Fsp3) is 0. The molecule has 221 valence electrons. The molecule has 0 N–H and O–H groups in total. The second kappa shape index (κ2) is 12.6. The van der Waals surface area contributed by atoms with Gasteiger partial charge in [-0.15, -0.1) is 0 Å². The average Bonchev–Trinajstić information content (AvgIpc) is 3.15. The molecule has 0 aliphatic rings. The van der Waals surface area contributed by atoms with Crippen molar-refractivity contribution in [3.05, 3.63) is 170 Å². The Balaban J connectivity index is 1.28. The van der Waals surface area contributed by atoms with Crippen molar-refractivity contribution in [3.8, 4) is 67.5 Å². The number of fused-ring (bicyclic) bond motifs is 1. The van der Waals surface area contributed by atoms with Gasteiger partial charge in [0, 0.05) is 0 Å². The Kier molecular flexibility index (Phi) is 7.72. The van der Waals surface area contributed by atoms with Crippen LogP contribution in [0.2, 0.25) is 0 Å². The van der Waals surface area contributed by atoms with Crippen LogP contribution in [0.4, 0.5) is 0 Å². The molecule has 1 radical (unpaired) electrons. The van der Waals surface area contributed by atoms with Crippen LogP contribution in [-0.2, 0) is 0 Å². The summed E-state index contributed by atoms with van der Waals surface area (Å²) in [5, 5.41) is 2.30. The molecule has 0 saturated heterocycles. The Labute approximate surface area is 282 Å². The van der Waals surface area contributed by atoms with Crippen LogP contribution < -0.4 is 4.46 Å². The summed E-state index contributed by atoms with van der Waals surface area (Å²) in [4.78, 5) is 15.1. The van der Waals surface area contributed by atoms with Gasteiger partial charge < -0.3 is 0 Å². The molecular formula is C43H28N3Se. The molecule has 7 aromatic carbocycles. The van der Waals surface area contributed by atoms with Gasteiger partial charge in [0.25, 0.3) is 0 Å². The van der Waals surface area contributed by atoms with E-state index in [9.17, 15) is 0 Å². The second-order valence-corrected chi connectivity index (χ2v) is 12.3. The van der Waals surface area contributed by atoms with Crippen molar-refractivity contribution in [2.24, 2.45) is 0 Å². The first kappa shape index (κ1) is 28.8. The molecule has 8 aromatic rings. The van der Waals surface area contributed by atoms with Gasteiger partial charge in [-0.1, -0.05) is 42.5 Å². The van der Waals surface area contributed by atoms with E-state index in [-0.39, 0.29) is 0 Å². The zero-order chi connectivity index (χ0) is 31.6. The summed E-state index contributed by atoms with van der Waals surface area (Å²) in [6.45, 7) is 0. The molecule has 47 heavy (non-hydrogen) atoms. The summed E-state index contributed by atoms with van der Waals surface area (Å²) < 4.78 is 1.13. The van der Waals surface area contributed by atoms with Crippen molar-refractivity contribution in [3.63, 3.8) is 0 Å². The Morgan fingerprint density at radius 3 is 1.51 bits per heavy atom. The van der Waals surface area contributed by atoms with Crippen LogP contribution in [0, 0.1) is 0 Å². The van der Waals surface area contributed by atoms with Gasteiger partial charge in [0.2, 0.25) is 0 Å². The van der Waals surface area contributed by atoms with E-state index in [1.807, 2.05) is 36.4 Å². The first-order valence-electron chi connectivity index (χ1n) is 15.6. The number of hydrogen-bond donors (Lipinski definition) is 0. The third kappa shape index (κ3) is 5.77. The third-order valence-corrected chi connectivity index (χ3v) is 9.35. The molecule has 0 spiro atoms. The van der Waals surface area contributed by atoms with Gasteiger partial charge in [0.15, 0.2) is 0 Å². The van der Waals surface area contributed by atoms with E-state index in [1.165, 1.54) is 11.1 Å². The van der Waals surface area contributed by atoms with Crippen LogP contribution in [0.1, 0.15) is 0 Å². The molecule has 0 amide bonds. The molecule has 0 aliphatic heterocycles. The summed E-state index contributed by atoms with van der Waals surface area (Å²) in [5.41, 5.74) is 9.78. The fourth-order valence-corrected chi connectivity index (χ4v) is 6.82. The van der Waals surface area contributed by atoms with Gasteiger partial charge >= 0.3 is 236 Å². The summed E-state index contributed by atoms with van der Waals surface area (Å²) in [7, 11) is 0. The minimum atomic E-state index is 0.636. The van der Waals surface area contributed by atoms with Gasteiger partial charge in [-0.2, -0.15) is 0 Å². The molecule has 3 nitrogen and oxygen atoms in total. The molecule has 0 saturated carbocycles. The number of benzene rings is 7. The quantitative estimate of drug-likeness (QED) is 0.166. The molecule has 1 heterocycles. The molecule has 4 heteroatoms. The standard InChI is InChI=1S/C43H28N3Se/c47-40-36(30-15-6-2-7-16-30)22-12-24-38(40)37-23-11-19-31-25-26-35(28-39(31)37)43-45-41(32-17-8-3-9-18-32)44-42(46-43)34-21-10-20-33(27-34)29-13-4-1-5-14-29/h1-28H. The molecular weight excluding hydrogens is 637 g/mol. The first-order chi connectivity index (χ1) is 23.2. The minimum absolute atomic E-state index is 0.636. The summed E-state index contributed by atoms with van der Waals surface area (Å²) >= 11 is 3.38. The van der Waals surface area contributed by atoms with Crippen LogP contribution in [0.3, 0.4) is 0 Å². The van der Waals surface area contributed by atoms with Crippen LogP contribution in [0.5, 0.6) is 0 Å². The zero-order valence-corrected chi connectivity index (χ0v) is 27.1. The number of rotatable bonds is 6. The Bertz CT molecular complexity index is 2350. The Morgan fingerprint density at radius 2 is 0.809 bits per heavy atom. The second-order valence-electron chi connectivity index (χ2n) is 11.4. The maximum absolute atomic E-state index is 5.09. The molecule has 0 aliphatic carbocycles. The maximum atomic E-state index is 5.09.